The first-order valence-corrected chi connectivity index (χ1v) is 7.66. The largest absolute Gasteiger partial charge is 0.465 e. The number of ether oxygens (including phenoxy) is 1. The topological polar surface area (TPSA) is 50.1 Å². The number of esters is 1. The van der Waals surface area contributed by atoms with Crippen LogP contribution in [-0.4, -0.2) is 12.6 Å². The van der Waals surface area contributed by atoms with Crippen molar-refractivity contribution >= 4 is 5.97 Å². The lowest BCUT2D eigenvalue weighted by molar-refractivity contribution is -0.155. The van der Waals surface area contributed by atoms with E-state index in [0.717, 1.165) is 36.8 Å². The van der Waals surface area contributed by atoms with E-state index in [1.54, 1.807) is 13.8 Å². The van der Waals surface area contributed by atoms with Crippen LogP contribution in [0.15, 0.2) is 24.3 Å². The molecule has 0 radical (unpaired) electrons. The summed E-state index contributed by atoms with van der Waals surface area (Å²) in [6.07, 6.45) is 3.81. The second-order valence-electron chi connectivity index (χ2n) is 6.12. The predicted molar refractivity (Wildman–Crippen MR) is 81.7 cm³/mol. The summed E-state index contributed by atoms with van der Waals surface area (Å²) in [5.74, 6) is -0.393. The summed E-state index contributed by atoms with van der Waals surface area (Å²) in [5, 5.41) is 9.79. The normalized spacial score (nSPS) is 19.5. The molecule has 1 aromatic rings. The molecule has 3 nitrogen and oxygen atoms in total. The highest BCUT2D eigenvalue weighted by Gasteiger charge is 2.56. The predicted octanol–water partition coefficient (Wildman–Crippen LogP) is 3.90. The molecule has 0 saturated heterocycles. The molecule has 0 spiro atoms. The minimum atomic E-state index is -1.13. The van der Waals surface area contributed by atoms with Gasteiger partial charge in [-0.2, -0.15) is 5.26 Å². The summed E-state index contributed by atoms with van der Waals surface area (Å²) in [5.41, 5.74) is 0.688. The number of nitrogens with zero attached hydrogens (tertiary/aromatic N) is 1. The lowest BCUT2D eigenvalue weighted by Crippen LogP contribution is -2.47. The molecule has 2 rings (SSSR count). The number of aryl methyl sites for hydroxylation is 1. The highest BCUT2D eigenvalue weighted by molar-refractivity contribution is 5.82. The minimum Gasteiger partial charge on any atom is -0.465 e. The van der Waals surface area contributed by atoms with Gasteiger partial charge >= 0.3 is 5.97 Å². The zero-order valence-corrected chi connectivity index (χ0v) is 13.1. The van der Waals surface area contributed by atoms with Crippen LogP contribution in [0.1, 0.15) is 50.7 Å². The molecular formula is C18H23NO2. The van der Waals surface area contributed by atoms with E-state index in [-0.39, 0.29) is 0 Å². The molecule has 0 amide bonds. The molecular weight excluding hydrogens is 262 g/mol. The fourth-order valence-corrected chi connectivity index (χ4v) is 3.62. The Labute approximate surface area is 126 Å². The Kier molecular flexibility index (Phi) is 4.37. The van der Waals surface area contributed by atoms with Crippen LogP contribution in [0, 0.1) is 23.7 Å². The first-order chi connectivity index (χ1) is 10.00. The summed E-state index contributed by atoms with van der Waals surface area (Å²) >= 11 is 0. The van der Waals surface area contributed by atoms with Gasteiger partial charge in [-0.15, -0.1) is 0 Å². The molecule has 3 heteroatoms. The molecule has 0 aliphatic heterocycles. The van der Waals surface area contributed by atoms with Gasteiger partial charge < -0.3 is 4.74 Å². The maximum absolute atomic E-state index is 12.5. The van der Waals surface area contributed by atoms with Crippen molar-refractivity contribution in [3.63, 3.8) is 0 Å². The maximum atomic E-state index is 12.5. The molecule has 1 aromatic carbocycles. The van der Waals surface area contributed by atoms with Crippen molar-refractivity contribution in [3.8, 4) is 6.07 Å². The third-order valence-corrected chi connectivity index (χ3v) is 4.89. The quantitative estimate of drug-likeness (QED) is 0.788. The lowest BCUT2D eigenvalue weighted by Gasteiger charge is -2.40. The van der Waals surface area contributed by atoms with Gasteiger partial charge in [0.25, 0.3) is 0 Å². The molecule has 0 bridgehead atoms. The van der Waals surface area contributed by atoms with Gasteiger partial charge in [0.15, 0.2) is 5.41 Å². The average molecular weight is 285 g/mol. The van der Waals surface area contributed by atoms with Crippen molar-refractivity contribution in [3.05, 3.63) is 35.4 Å². The second kappa shape index (κ2) is 5.89. The van der Waals surface area contributed by atoms with E-state index in [4.69, 9.17) is 4.74 Å². The summed E-state index contributed by atoms with van der Waals surface area (Å²) in [7, 11) is 0. The zero-order chi connectivity index (χ0) is 15.5. The van der Waals surface area contributed by atoms with E-state index in [1.165, 1.54) is 0 Å². The fraction of sp³-hybridized carbons (Fsp3) is 0.556. The Morgan fingerprint density at radius 3 is 2.62 bits per heavy atom. The monoisotopic (exact) mass is 285 g/mol. The highest BCUT2D eigenvalue weighted by atomic mass is 16.5. The minimum absolute atomic E-state index is 0.306. The Morgan fingerprint density at radius 2 is 2.10 bits per heavy atom. The molecule has 1 unspecified atom stereocenters. The van der Waals surface area contributed by atoms with Gasteiger partial charge in [-0.3, -0.25) is 4.79 Å². The highest BCUT2D eigenvalue weighted by Crippen LogP contribution is 2.53. The molecule has 1 saturated carbocycles. The average Bonchev–Trinajstić information content (AvgIpc) is 2.97. The Bertz CT molecular complexity index is 567. The Hall–Kier alpha value is -1.82. The number of nitriles is 1. The summed E-state index contributed by atoms with van der Waals surface area (Å²) in [6, 6.07) is 10.5. The third-order valence-electron chi connectivity index (χ3n) is 4.89. The number of hydrogen-bond donors (Lipinski definition) is 0. The SMILES string of the molecule is CCOC(=O)C(C)(C#N)C1(c2cccc(C)c2)CCCC1. The number of carbonyl (C=O) groups is 1. The molecule has 112 valence electrons. The van der Waals surface area contributed by atoms with Crippen molar-refractivity contribution in [1.29, 1.82) is 5.26 Å². The van der Waals surface area contributed by atoms with Crippen molar-refractivity contribution in [2.75, 3.05) is 6.61 Å². The Morgan fingerprint density at radius 1 is 1.43 bits per heavy atom. The number of carbonyl (C=O) groups excluding carboxylic acids is 1. The molecule has 1 aliphatic carbocycles. The standard InChI is InChI=1S/C18H23NO2/c1-4-21-16(20)17(3,13-19)18(10-5-6-11-18)15-9-7-8-14(2)12-15/h7-9,12H,4-6,10-11H2,1-3H3. The van der Waals surface area contributed by atoms with Gasteiger partial charge in [0, 0.05) is 5.41 Å². The molecule has 0 N–H and O–H groups in total. The van der Waals surface area contributed by atoms with Crippen molar-refractivity contribution in [2.45, 2.75) is 51.9 Å². The van der Waals surface area contributed by atoms with Gasteiger partial charge in [-0.1, -0.05) is 42.7 Å². The first kappa shape index (κ1) is 15.6. The van der Waals surface area contributed by atoms with Crippen LogP contribution >= 0.6 is 0 Å². The molecule has 21 heavy (non-hydrogen) atoms. The van der Waals surface area contributed by atoms with E-state index in [0.29, 0.717) is 6.61 Å². The summed E-state index contributed by atoms with van der Waals surface area (Å²) < 4.78 is 5.23. The van der Waals surface area contributed by atoms with Gasteiger partial charge in [0.2, 0.25) is 0 Å². The first-order valence-electron chi connectivity index (χ1n) is 7.66. The maximum Gasteiger partial charge on any atom is 0.327 e. The molecule has 1 atom stereocenters. The van der Waals surface area contributed by atoms with Crippen molar-refractivity contribution in [1.82, 2.24) is 0 Å². The smallest absolute Gasteiger partial charge is 0.327 e. The van der Waals surface area contributed by atoms with Crippen LogP contribution in [0.2, 0.25) is 0 Å². The van der Waals surface area contributed by atoms with Crippen molar-refractivity contribution < 1.29 is 9.53 Å². The van der Waals surface area contributed by atoms with Gasteiger partial charge in [-0.05, 0) is 39.2 Å². The number of hydrogen-bond acceptors (Lipinski definition) is 3. The zero-order valence-electron chi connectivity index (χ0n) is 13.1. The van der Waals surface area contributed by atoms with Crippen molar-refractivity contribution in [2.24, 2.45) is 5.41 Å². The Balaban J connectivity index is 2.56. The number of rotatable bonds is 4. The van der Waals surface area contributed by atoms with Gasteiger partial charge in [0.1, 0.15) is 0 Å². The van der Waals surface area contributed by atoms with E-state index >= 15 is 0 Å². The fourth-order valence-electron chi connectivity index (χ4n) is 3.62. The van der Waals surface area contributed by atoms with Crippen LogP contribution in [0.5, 0.6) is 0 Å². The van der Waals surface area contributed by atoms with Crippen LogP contribution in [0.25, 0.3) is 0 Å². The summed E-state index contributed by atoms with van der Waals surface area (Å²) in [4.78, 5) is 12.5. The molecule has 0 aromatic heterocycles. The van der Waals surface area contributed by atoms with E-state index in [2.05, 4.69) is 12.1 Å². The van der Waals surface area contributed by atoms with E-state index in [1.807, 2.05) is 25.1 Å². The third kappa shape index (κ3) is 2.44. The van der Waals surface area contributed by atoms with Crippen LogP contribution < -0.4 is 0 Å². The number of benzene rings is 1. The van der Waals surface area contributed by atoms with E-state index in [9.17, 15) is 10.1 Å². The molecule has 1 fully saturated rings. The molecule has 0 heterocycles. The van der Waals surface area contributed by atoms with Gasteiger partial charge in [-0.25, -0.2) is 0 Å². The second-order valence-corrected chi connectivity index (χ2v) is 6.12. The van der Waals surface area contributed by atoms with Gasteiger partial charge in [0.05, 0.1) is 12.7 Å². The van der Waals surface area contributed by atoms with Crippen LogP contribution in [0.3, 0.4) is 0 Å². The molecule has 1 aliphatic rings. The lowest BCUT2D eigenvalue weighted by atomic mass is 9.60. The summed E-state index contributed by atoms with van der Waals surface area (Å²) in [6.45, 7) is 5.88. The van der Waals surface area contributed by atoms with Crippen LogP contribution in [-0.2, 0) is 14.9 Å². The van der Waals surface area contributed by atoms with Crippen LogP contribution in [0.4, 0.5) is 0 Å². The van der Waals surface area contributed by atoms with E-state index < -0.39 is 16.8 Å².